The molecular formula is C55H46N2. The van der Waals surface area contributed by atoms with Crippen LogP contribution in [0.25, 0.3) is 54.8 Å². The Morgan fingerprint density at radius 2 is 1.37 bits per heavy atom. The number of fused-ring (bicyclic) bond motifs is 6. The average Bonchev–Trinajstić information content (AvgIpc) is 3.61. The Kier molecular flexibility index (Phi) is 9.24. The molecule has 0 aliphatic heterocycles. The quantitative estimate of drug-likeness (QED) is 0.127. The molecule has 8 aromatic rings. The Hall–Kier alpha value is -6.64. The number of benzene rings is 7. The Morgan fingerprint density at radius 1 is 0.614 bits per heavy atom. The second kappa shape index (κ2) is 15.1. The monoisotopic (exact) mass is 734 g/mol. The molecule has 0 amide bonds. The van der Waals surface area contributed by atoms with Gasteiger partial charge in [-0.05, 0) is 130 Å². The zero-order valence-electron chi connectivity index (χ0n) is 32.4. The number of nitrogens with zero attached hydrogens (tertiary/aromatic N) is 2. The first-order valence-corrected chi connectivity index (χ1v) is 20.5. The summed E-state index contributed by atoms with van der Waals surface area (Å²) in [4.78, 5) is 2.46. The van der Waals surface area contributed by atoms with Crippen molar-refractivity contribution in [2.45, 2.75) is 38.5 Å². The van der Waals surface area contributed by atoms with Gasteiger partial charge in [-0.15, -0.1) is 6.58 Å². The van der Waals surface area contributed by atoms with Crippen molar-refractivity contribution in [3.8, 4) is 16.8 Å². The number of aryl methyl sites for hydroxylation is 1. The summed E-state index contributed by atoms with van der Waals surface area (Å²) in [5.41, 5.74) is 16.1. The molecule has 2 heteroatoms. The molecule has 0 bridgehead atoms. The molecule has 0 spiro atoms. The second-order valence-corrected chi connectivity index (χ2v) is 15.4. The van der Waals surface area contributed by atoms with Gasteiger partial charge in [0.05, 0.1) is 16.9 Å². The molecule has 0 radical (unpaired) electrons. The van der Waals surface area contributed by atoms with E-state index < -0.39 is 0 Å². The second-order valence-electron chi connectivity index (χ2n) is 15.4. The molecule has 276 valence electrons. The van der Waals surface area contributed by atoms with Gasteiger partial charge in [0, 0.05) is 28.7 Å². The summed E-state index contributed by atoms with van der Waals surface area (Å²) in [6, 6.07) is 55.8. The minimum atomic E-state index is 0.764. The van der Waals surface area contributed by atoms with Crippen LogP contribution in [0.2, 0.25) is 0 Å². The van der Waals surface area contributed by atoms with Gasteiger partial charge in [-0.1, -0.05) is 146 Å². The maximum Gasteiger partial charge on any atom is 0.0538 e. The van der Waals surface area contributed by atoms with Crippen molar-refractivity contribution in [2.24, 2.45) is 0 Å². The highest BCUT2D eigenvalue weighted by Crippen LogP contribution is 2.45. The summed E-state index contributed by atoms with van der Waals surface area (Å²) < 4.78 is 2.54. The average molecular weight is 735 g/mol. The molecule has 0 saturated heterocycles. The van der Waals surface area contributed by atoms with Crippen LogP contribution in [0.4, 0.5) is 11.4 Å². The van der Waals surface area contributed by atoms with Crippen molar-refractivity contribution >= 4 is 49.4 Å². The summed E-state index contributed by atoms with van der Waals surface area (Å²) in [5.74, 6) is 0. The summed E-state index contributed by atoms with van der Waals surface area (Å²) >= 11 is 0. The van der Waals surface area contributed by atoms with E-state index >= 15 is 0 Å². The van der Waals surface area contributed by atoms with Crippen LogP contribution in [-0.2, 0) is 19.3 Å². The van der Waals surface area contributed by atoms with Gasteiger partial charge in [-0.2, -0.15) is 0 Å². The first kappa shape index (κ1) is 34.8. The van der Waals surface area contributed by atoms with E-state index in [1.165, 1.54) is 94.2 Å². The summed E-state index contributed by atoms with van der Waals surface area (Å²) in [7, 11) is 0. The molecule has 0 atom stereocenters. The lowest BCUT2D eigenvalue weighted by molar-refractivity contribution is 0.879. The van der Waals surface area contributed by atoms with Crippen LogP contribution in [-0.4, -0.2) is 11.1 Å². The van der Waals surface area contributed by atoms with Crippen molar-refractivity contribution in [3.05, 3.63) is 217 Å². The van der Waals surface area contributed by atoms with E-state index in [2.05, 4.69) is 192 Å². The first-order valence-electron chi connectivity index (χ1n) is 20.5. The van der Waals surface area contributed by atoms with E-state index in [0.717, 1.165) is 45.1 Å². The highest BCUT2D eigenvalue weighted by Gasteiger charge is 2.27. The SMILES string of the molecule is C=CCc1ccc2ccccc2c1N(C/C=C\Cc1ccc(-c2ccc3c(c2)c2c(n3-c3ccccc3)C3=C(C=CCC3)CC2)c2ccccc12)c1ccccc1. The molecule has 1 aromatic heterocycles. The number of hydrogen-bond acceptors (Lipinski definition) is 1. The van der Waals surface area contributed by atoms with Gasteiger partial charge in [0.25, 0.3) is 0 Å². The molecule has 2 aliphatic carbocycles. The predicted octanol–water partition coefficient (Wildman–Crippen LogP) is 14.3. The molecule has 0 saturated carbocycles. The zero-order chi connectivity index (χ0) is 38.1. The minimum Gasteiger partial charge on any atom is -0.337 e. The van der Waals surface area contributed by atoms with Gasteiger partial charge >= 0.3 is 0 Å². The van der Waals surface area contributed by atoms with Crippen LogP contribution in [0.3, 0.4) is 0 Å². The first-order chi connectivity index (χ1) is 28.3. The Bertz CT molecular complexity index is 2890. The van der Waals surface area contributed by atoms with Gasteiger partial charge in [0.15, 0.2) is 0 Å². The Morgan fingerprint density at radius 3 is 2.21 bits per heavy atom. The van der Waals surface area contributed by atoms with E-state index in [-0.39, 0.29) is 0 Å². The van der Waals surface area contributed by atoms with Crippen LogP contribution >= 0.6 is 0 Å². The number of anilines is 2. The molecule has 0 N–H and O–H groups in total. The lowest BCUT2D eigenvalue weighted by atomic mass is 9.83. The fourth-order valence-electron chi connectivity index (χ4n) is 9.47. The minimum absolute atomic E-state index is 0.764. The van der Waals surface area contributed by atoms with Crippen molar-refractivity contribution < 1.29 is 0 Å². The maximum absolute atomic E-state index is 4.09. The number of rotatable bonds is 10. The smallest absolute Gasteiger partial charge is 0.0538 e. The van der Waals surface area contributed by atoms with E-state index in [4.69, 9.17) is 0 Å². The van der Waals surface area contributed by atoms with E-state index in [9.17, 15) is 0 Å². The predicted molar refractivity (Wildman–Crippen MR) is 244 cm³/mol. The third kappa shape index (κ3) is 6.32. The fraction of sp³-hybridized carbons (Fsp3) is 0.127. The van der Waals surface area contributed by atoms with Crippen molar-refractivity contribution in [2.75, 3.05) is 11.4 Å². The highest BCUT2D eigenvalue weighted by atomic mass is 15.1. The van der Waals surface area contributed by atoms with Crippen LogP contribution in [0, 0.1) is 0 Å². The van der Waals surface area contributed by atoms with Crippen molar-refractivity contribution in [3.63, 3.8) is 0 Å². The van der Waals surface area contributed by atoms with Crippen molar-refractivity contribution in [1.82, 2.24) is 4.57 Å². The molecule has 1 heterocycles. The number of allylic oxidation sites excluding steroid dienone is 6. The largest absolute Gasteiger partial charge is 0.337 e. The van der Waals surface area contributed by atoms with Gasteiger partial charge in [0.1, 0.15) is 0 Å². The number of para-hydroxylation sites is 2. The van der Waals surface area contributed by atoms with Gasteiger partial charge in [-0.25, -0.2) is 0 Å². The molecule has 0 fully saturated rings. The lowest BCUT2D eigenvalue weighted by Crippen LogP contribution is -2.19. The van der Waals surface area contributed by atoms with E-state index in [1.54, 1.807) is 0 Å². The zero-order valence-corrected chi connectivity index (χ0v) is 32.4. The van der Waals surface area contributed by atoms with Crippen LogP contribution in [0.5, 0.6) is 0 Å². The van der Waals surface area contributed by atoms with Gasteiger partial charge in [-0.3, -0.25) is 0 Å². The topological polar surface area (TPSA) is 8.17 Å². The number of hydrogen-bond donors (Lipinski definition) is 0. The maximum atomic E-state index is 4.09. The normalized spacial score (nSPS) is 13.8. The Labute approximate surface area is 336 Å². The van der Waals surface area contributed by atoms with Crippen LogP contribution in [0.15, 0.2) is 194 Å². The fourth-order valence-corrected chi connectivity index (χ4v) is 9.47. The highest BCUT2D eigenvalue weighted by molar-refractivity contribution is 6.03. The third-order valence-corrected chi connectivity index (χ3v) is 12.1. The molecule has 2 nitrogen and oxygen atoms in total. The summed E-state index contributed by atoms with van der Waals surface area (Å²) in [6.07, 6.45) is 17.5. The third-order valence-electron chi connectivity index (χ3n) is 12.1. The van der Waals surface area contributed by atoms with E-state index in [0.29, 0.717) is 0 Å². The number of aromatic nitrogens is 1. The lowest BCUT2D eigenvalue weighted by Gasteiger charge is -2.28. The summed E-state index contributed by atoms with van der Waals surface area (Å²) in [5, 5.41) is 6.51. The van der Waals surface area contributed by atoms with Gasteiger partial charge in [0.2, 0.25) is 0 Å². The van der Waals surface area contributed by atoms with Gasteiger partial charge < -0.3 is 9.47 Å². The van der Waals surface area contributed by atoms with Crippen LogP contribution in [0.1, 0.15) is 41.6 Å². The van der Waals surface area contributed by atoms with Crippen LogP contribution < -0.4 is 4.90 Å². The Balaban J connectivity index is 1.00. The molecule has 10 rings (SSSR count). The van der Waals surface area contributed by atoms with Crippen molar-refractivity contribution in [1.29, 1.82) is 0 Å². The molecule has 57 heavy (non-hydrogen) atoms. The summed E-state index contributed by atoms with van der Waals surface area (Å²) in [6.45, 7) is 4.85. The molecular weight excluding hydrogens is 689 g/mol. The molecule has 7 aromatic carbocycles. The molecule has 0 unspecified atom stereocenters. The van der Waals surface area contributed by atoms with E-state index in [1.807, 2.05) is 6.08 Å². The molecule has 2 aliphatic rings. The standard InChI is InChI=1S/C55H46N2/c1-2-17-42-30-29-40-18-9-11-26-48(40)54(42)56(44-21-5-3-6-22-44)37-16-15-20-39-31-34-47(50-28-14-13-25-46(39)50)43-33-36-53-52(38-43)51-35-32-41-19-10-12-27-49(41)55(51)57(53)45-23-7-4-8-24-45/h2-11,13-16,18-19,21-26,28-31,33-34,36,38H,1,12,17,20,27,32,35,37H2/b16-15-.